The van der Waals surface area contributed by atoms with E-state index in [1.54, 1.807) is 4.90 Å². The first-order valence-electron chi connectivity index (χ1n) is 7.94. The smallest absolute Gasteiger partial charge is 0.338 e. The fourth-order valence-electron chi connectivity index (χ4n) is 3.40. The molecule has 2 aliphatic rings. The summed E-state index contributed by atoms with van der Waals surface area (Å²) in [5, 5.41) is 3.78. The lowest BCUT2D eigenvalue weighted by Crippen LogP contribution is -2.39. The monoisotopic (exact) mass is 344 g/mol. The molecule has 132 valence electrons. The molecule has 2 saturated heterocycles. The first kappa shape index (κ1) is 16.8. The Hall–Kier alpha value is -2.06. The predicted molar refractivity (Wildman–Crippen MR) is 78.3 cm³/mol. The van der Waals surface area contributed by atoms with Gasteiger partial charge in [0.25, 0.3) is 5.91 Å². The van der Waals surface area contributed by atoms with Crippen LogP contribution in [-0.4, -0.2) is 63.2 Å². The third kappa shape index (κ3) is 3.39. The zero-order valence-corrected chi connectivity index (χ0v) is 13.3. The Balaban J connectivity index is 1.68. The molecule has 9 heteroatoms. The molecule has 0 radical (unpaired) electrons. The van der Waals surface area contributed by atoms with Crippen LogP contribution in [0.15, 0.2) is 6.20 Å². The fourth-order valence-corrected chi connectivity index (χ4v) is 3.40. The fraction of sp³-hybridized carbons (Fsp3) is 0.667. The molecule has 2 amide bonds. The van der Waals surface area contributed by atoms with Crippen LogP contribution in [0, 0.1) is 6.92 Å². The molecular weight excluding hydrogens is 325 g/mol. The number of halogens is 3. The van der Waals surface area contributed by atoms with Gasteiger partial charge in [0.15, 0.2) is 0 Å². The topological polar surface area (TPSA) is 58.4 Å². The van der Waals surface area contributed by atoms with Gasteiger partial charge in [-0.2, -0.15) is 18.3 Å². The minimum absolute atomic E-state index is 0.00877. The van der Waals surface area contributed by atoms with Gasteiger partial charge in [-0.15, -0.1) is 0 Å². The molecule has 1 atom stereocenters. The lowest BCUT2D eigenvalue weighted by Gasteiger charge is -2.24. The summed E-state index contributed by atoms with van der Waals surface area (Å²) in [6.45, 7) is 1.95. The molecule has 1 unspecified atom stereocenters. The maximum Gasteiger partial charge on any atom is 0.408 e. The average molecular weight is 344 g/mol. The van der Waals surface area contributed by atoms with Crippen LogP contribution in [0.5, 0.6) is 0 Å². The van der Waals surface area contributed by atoms with Gasteiger partial charge in [0, 0.05) is 32.3 Å². The molecule has 0 saturated carbocycles. The first-order chi connectivity index (χ1) is 11.2. The van der Waals surface area contributed by atoms with E-state index in [0.717, 1.165) is 17.3 Å². The Labute approximate surface area is 137 Å². The van der Waals surface area contributed by atoms with Crippen LogP contribution >= 0.6 is 0 Å². The number of rotatable bonds is 3. The number of hydrogen-bond donors (Lipinski definition) is 0. The lowest BCUT2D eigenvalue weighted by molar-refractivity contribution is -0.142. The zero-order valence-electron chi connectivity index (χ0n) is 13.3. The maximum atomic E-state index is 12.6. The number of hydrogen-bond acceptors (Lipinski definition) is 3. The third-order valence-electron chi connectivity index (χ3n) is 4.52. The van der Waals surface area contributed by atoms with Crippen molar-refractivity contribution in [3.05, 3.63) is 17.5 Å². The van der Waals surface area contributed by atoms with Crippen molar-refractivity contribution in [3.63, 3.8) is 0 Å². The van der Waals surface area contributed by atoms with Gasteiger partial charge in [0.05, 0.1) is 17.3 Å². The summed E-state index contributed by atoms with van der Waals surface area (Å²) in [5.74, 6) is -0.210. The summed E-state index contributed by atoms with van der Waals surface area (Å²) in [4.78, 5) is 27.8. The van der Waals surface area contributed by atoms with Crippen molar-refractivity contribution in [1.29, 1.82) is 0 Å². The summed E-state index contributed by atoms with van der Waals surface area (Å²) in [6, 6.07) is 0.00877. The number of carbonyl (C=O) groups excluding carboxylic acids is 2. The second-order valence-corrected chi connectivity index (χ2v) is 6.33. The van der Waals surface area contributed by atoms with E-state index in [9.17, 15) is 22.8 Å². The largest absolute Gasteiger partial charge is 0.408 e. The summed E-state index contributed by atoms with van der Waals surface area (Å²) < 4.78 is 38.1. The van der Waals surface area contributed by atoms with E-state index in [0.29, 0.717) is 32.5 Å². The number of nitrogens with zero attached hydrogens (tertiary/aromatic N) is 4. The number of amides is 2. The summed E-state index contributed by atoms with van der Waals surface area (Å²) in [7, 11) is 0. The normalized spacial score (nSPS) is 21.8. The molecule has 1 aromatic heterocycles. The van der Waals surface area contributed by atoms with Crippen LogP contribution in [-0.2, 0) is 11.3 Å². The Morgan fingerprint density at radius 1 is 1.38 bits per heavy atom. The van der Waals surface area contributed by atoms with Gasteiger partial charge in [0.2, 0.25) is 5.91 Å². The molecular formula is C15H19F3N4O2. The Morgan fingerprint density at radius 2 is 2.12 bits per heavy atom. The van der Waals surface area contributed by atoms with Crippen molar-refractivity contribution in [2.75, 3.05) is 19.6 Å². The number of aromatic nitrogens is 2. The van der Waals surface area contributed by atoms with Crippen molar-refractivity contribution in [1.82, 2.24) is 19.6 Å². The summed E-state index contributed by atoms with van der Waals surface area (Å²) in [6.07, 6.45) is -1.14. The zero-order chi connectivity index (χ0) is 17.5. The van der Waals surface area contributed by atoms with Gasteiger partial charge in [0.1, 0.15) is 6.54 Å². The van der Waals surface area contributed by atoms with Crippen LogP contribution in [0.25, 0.3) is 0 Å². The van der Waals surface area contributed by atoms with Crippen molar-refractivity contribution in [3.8, 4) is 0 Å². The van der Waals surface area contributed by atoms with Crippen LogP contribution < -0.4 is 0 Å². The van der Waals surface area contributed by atoms with Gasteiger partial charge in [-0.05, 0) is 19.8 Å². The van der Waals surface area contributed by atoms with Crippen molar-refractivity contribution in [2.24, 2.45) is 0 Å². The van der Waals surface area contributed by atoms with Gasteiger partial charge < -0.3 is 9.80 Å². The number of alkyl halides is 3. The molecule has 2 fully saturated rings. The molecule has 0 bridgehead atoms. The standard InChI is InChI=1S/C15H19F3N4O2/c1-10-12(8-21(19-10)9-15(16,17)18)14(24)20-6-4-11(7-20)22-5-2-3-13(22)23/h8,11H,2-7,9H2,1H3. The number of likely N-dealkylation sites (tertiary alicyclic amines) is 2. The molecule has 3 heterocycles. The quantitative estimate of drug-likeness (QED) is 0.837. The Bertz CT molecular complexity index is 656. The number of carbonyl (C=O) groups is 2. The second-order valence-electron chi connectivity index (χ2n) is 6.33. The van der Waals surface area contributed by atoms with Gasteiger partial charge >= 0.3 is 6.18 Å². The van der Waals surface area contributed by atoms with Crippen molar-refractivity contribution < 1.29 is 22.8 Å². The van der Waals surface area contributed by atoms with Gasteiger partial charge in [-0.1, -0.05) is 0 Å². The van der Waals surface area contributed by atoms with E-state index in [-0.39, 0.29) is 29.1 Å². The van der Waals surface area contributed by atoms with E-state index >= 15 is 0 Å². The van der Waals surface area contributed by atoms with Crippen LogP contribution in [0.1, 0.15) is 35.3 Å². The van der Waals surface area contributed by atoms with Crippen molar-refractivity contribution >= 4 is 11.8 Å². The van der Waals surface area contributed by atoms with E-state index in [1.807, 2.05) is 4.90 Å². The minimum Gasteiger partial charge on any atom is -0.338 e. The van der Waals surface area contributed by atoms with Gasteiger partial charge in [-0.25, -0.2) is 0 Å². The molecule has 1 aromatic rings. The molecule has 2 aliphatic heterocycles. The highest BCUT2D eigenvalue weighted by molar-refractivity contribution is 5.95. The second kappa shape index (κ2) is 6.10. The van der Waals surface area contributed by atoms with Crippen LogP contribution in [0.4, 0.5) is 13.2 Å². The SMILES string of the molecule is Cc1nn(CC(F)(F)F)cc1C(=O)N1CCC(N2CCCC2=O)C1. The van der Waals surface area contributed by atoms with Crippen LogP contribution in [0.2, 0.25) is 0 Å². The highest BCUT2D eigenvalue weighted by atomic mass is 19.4. The first-order valence-corrected chi connectivity index (χ1v) is 7.94. The third-order valence-corrected chi connectivity index (χ3v) is 4.52. The minimum atomic E-state index is -4.38. The molecule has 0 N–H and O–H groups in total. The molecule has 3 rings (SSSR count). The molecule has 6 nitrogen and oxygen atoms in total. The Morgan fingerprint density at radius 3 is 2.75 bits per heavy atom. The maximum absolute atomic E-state index is 12.6. The molecule has 0 aromatic carbocycles. The number of aryl methyl sites for hydroxylation is 1. The van der Waals surface area contributed by atoms with Crippen LogP contribution in [0.3, 0.4) is 0 Å². The van der Waals surface area contributed by atoms with E-state index in [2.05, 4.69) is 5.10 Å². The van der Waals surface area contributed by atoms with E-state index < -0.39 is 12.7 Å². The highest BCUT2D eigenvalue weighted by Crippen LogP contribution is 2.24. The van der Waals surface area contributed by atoms with E-state index in [4.69, 9.17) is 0 Å². The van der Waals surface area contributed by atoms with Crippen molar-refractivity contribution in [2.45, 2.75) is 44.9 Å². The summed E-state index contributed by atoms with van der Waals surface area (Å²) >= 11 is 0. The lowest BCUT2D eigenvalue weighted by atomic mass is 10.2. The van der Waals surface area contributed by atoms with E-state index in [1.165, 1.54) is 6.92 Å². The average Bonchev–Trinajstić information content (AvgIpc) is 3.16. The molecule has 24 heavy (non-hydrogen) atoms. The predicted octanol–water partition coefficient (Wildman–Crippen LogP) is 1.59. The Kier molecular flexibility index (Phi) is 4.27. The molecule has 0 spiro atoms. The highest BCUT2D eigenvalue weighted by Gasteiger charge is 2.36. The summed E-state index contributed by atoms with van der Waals surface area (Å²) in [5.41, 5.74) is 0.470. The van der Waals surface area contributed by atoms with Gasteiger partial charge in [-0.3, -0.25) is 14.3 Å². The molecule has 0 aliphatic carbocycles.